The quantitative estimate of drug-likeness (QED) is 0.200. The maximum atomic E-state index is 13.1. The first-order valence-electron chi connectivity index (χ1n) is 10.6. The van der Waals surface area contributed by atoms with E-state index < -0.39 is 0 Å². The van der Waals surface area contributed by atoms with Gasteiger partial charge in [0, 0.05) is 45.6 Å². The zero-order chi connectivity index (χ0) is 23.5. The number of carbonyl (C=O) groups is 1. The average Bonchev–Trinajstić information content (AvgIpc) is 3.35. The number of Topliss-reactive ketones (excluding diaryl/α,β-unsaturated/α-hetero) is 1. The van der Waals surface area contributed by atoms with E-state index in [0.29, 0.717) is 18.1 Å². The second kappa shape index (κ2) is 10.2. The predicted octanol–water partition coefficient (Wildman–Crippen LogP) is 6.71. The highest BCUT2D eigenvalue weighted by molar-refractivity contribution is 7.99. The molecule has 0 radical (unpaired) electrons. The van der Waals surface area contributed by atoms with Gasteiger partial charge in [-0.2, -0.15) is 0 Å². The van der Waals surface area contributed by atoms with Gasteiger partial charge in [0.1, 0.15) is 0 Å². The Bertz CT molecular complexity index is 1290. The van der Waals surface area contributed by atoms with Crippen LogP contribution in [0.2, 0.25) is 10.0 Å². The summed E-state index contributed by atoms with van der Waals surface area (Å²) in [5.74, 6) is 1.12. The van der Waals surface area contributed by atoms with Crippen molar-refractivity contribution in [2.24, 2.45) is 0 Å². The second-order valence-corrected chi connectivity index (χ2v) is 9.52. The lowest BCUT2D eigenvalue weighted by Gasteiger charge is -2.11. The van der Waals surface area contributed by atoms with Gasteiger partial charge in [0.2, 0.25) is 0 Å². The van der Waals surface area contributed by atoms with E-state index in [0.717, 1.165) is 44.1 Å². The topological polar surface area (TPSA) is 52.7 Å². The molecule has 2 aromatic carbocycles. The fourth-order valence-corrected chi connectivity index (χ4v) is 5.03. The highest BCUT2D eigenvalue weighted by Crippen LogP contribution is 2.27. The molecule has 8 heteroatoms. The molecular weight excluding hydrogens is 475 g/mol. The highest BCUT2D eigenvalue weighted by Gasteiger charge is 2.19. The van der Waals surface area contributed by atoms with Crippen molar-refractivity contribution in [1.29, 1.82) is 0 Å². The van der Waals surface area contributed by atoms with E-state index in [4.69, 9.17) is 23.2 Å². The van der Waals surface area contributed by atoms with Crippen molar-refractivity contribution < 1.29 is 4.79 Å². The minimum atomic E-state index is 0.0669. The first kappa shape index (κ1) is 23.6. The number of ketones is 1. The number of rotatable bonds is 8. The smallest absolute Gasteiger partial charge is 0.191 e. The SMILES string of the molecule is CCn1c(SCC(=O)c2cc(C)n(Cc3ccccc3Cl)c2C)nnc1-c1ccc(Cl)cc1. The van der Waals surface area contributed by atoms with Crippen LogP contribution in [-0.2, 0) is 13.1 Å². The normalized spacial score (nSPS) is 11.2. The molecule has 0 aliphatic rings. The summed E-state index contributed by atoms with van der Waals surface area (Å²) in [5.41, 5.74) is 4.67. The molecule has 170 valence electrons. The molecule has 0 saturated heterocycles. The Morgan fingerprint density at radius 3 is 2.42 bits per heavy atom. The number of carbonyl (C=O) groups excluding carboxylic acids is 1. The summed E-state index contributed by atoms with van der Waals surface area (Å²) in [4.78, 5) is 13.1. The molecule has 2 heterocycles. The summed E-state index contributed by atoms with van der Waals surface area (Å²) < 4.78 is 4.15. The molecule has 0 aliphatic carbocycles. The van der Waals surface area contributed by atoms with Crippen LogP contribution in [0.5, 0.6) is 0 Å². The lowest BCUT2D eigenvalue weighted by molar-refractivity contribution is 0.102. The van der Waals surface area contributed by atoms with Crippen LogP contribution >= 0.6 is 35.0 Å². The van der Waals surface area contributed by atoms with Gasteiger partial charge < -0.3 is 9.13 Å². The Morgan fingerprint density at radius 2 is 1.73 bits per heavy atom. The van der Waals surface area contributed by atoms with Crippen molar-refractivity contribution in [3.63, 3.8) is 0 Å². The summed E-state index contributed by atoms with van der Waals surface area (Å²) in [6.45, 7) is 7.37. The van der Waals surface area contributed by atoms with E-state index in [9.17, 15) is 4.79 Å². The lowest BCUT2D eigenvalue weighted by Crippen LogP contribution is -2.08. The lowest BCUT2D eigenvalue weighted by atomic mass is 10.2. The summed E-state index contributed by atoms with van der Waals surface area (Å²) in [5, 5.41) is 10.8. The summed E-state index contributed by atoms with van der Waals surface area (Å²) in [7, 11) is 0. The van der Waals surface area contributed by atoms with Gasteiger partial charge in [-0.1, -0.05) is 53.2 Å². The zero-order valence-electron chi connectivity index (χ0n) is 18.7. The molecule has 0 aliphatic heterocycles. The number of hydrogen-bond donors (Lipinski definition) is 0. The van der Waals surface area contributed by atoms with Crippen molar-refractivity contribution in [3.05, 3.63) is 87.2 Å². The molecule has 4 aromatic rings. The Morgan fingerprint density at radius 1 is 1.00 bits per heavy atom. The van der Waals surface area contributed by atoms with E-state index in [1.807, 2.05) is 79.9 Å². The van der Waals surface area contributed by atoms with Crippen molar-refractivity contribution in [1.82, 2.24) is 19.3 Å². The fourth-order valence-electron chi connectivity index (χ4n) is 3.82. The first-order valence-corrected chi connectivity index (χ1v) is 12.4. The van der Waals surface area contributed by atoms with Crippen LogP contribution < -0.4 is 0 Å². The molecule has 0 spiro atoms. The van der Waals surface area contributed by atoms with Gasteiger partial charge in [0.15, 0.2) is 16.8 Å². The van der Waals surface area contributed by atoms with Gasteiger partial charge in [-0.15, -0.1) is 10.2 Å². The largest absolute Gasteiger partial charge is 0.344 e. The van der Waals surface area contributed by atoms with Crippen LogP contribution in [0.25, 0.3) is 11.4 Å². The van der Waals surface area contributed by atoms with Crippen molar-refractivity contribution >= 4 is 40.7 Å². The standard InChI is InChI=1S/C25H24Cl2N4OS/c1-4-30-24(18-9-11-20(26)12-10-18)28-29-25(30)33-15-23(32)21-13-16(2)31(17(21)3)14-19-7-5-6-8-22(19)27/h5-13H,4,14-15H2,1-3H3. The highest BCUT2D eigenvalue weighted by atomic mass is 35.5. The molecule has 5 nitrogen and oxygen atoms in total. The predicted molar refractivity (Wildman–Crippen MR) is 136 cm³/mol. The van der Waals surface area contributed by atoms with Gasteiger partial charge in [-0.05, 0) is 62.7 Å². The van der Waals surface area contributed by atoms with Gasteiger partial charge in [0.05, 0.1) is 5.75 Å². The molecule has 0 saturated carbocycles. The van der Waals surface area contributed by atoms with Gasteiger partial charge in [0.25, 0.3) is 0 Å². The van der Waals surface area contributed by atoms with Crippen LogP contribution in [0.15, 0.2) is 59.8 Å². The molecule has 0 amide bonds. The van der Waals surface area contributed by atoms with Crippen LogP contribution in [0.1, 0.15) is 34.2 Å². The third-order valence-electron chi connectivity index (χ3n) is 5.63. The van der Waals surface area contributed by atoms with Crippen LogP contribution in [0, 0.1) is 13.8 Å². The van der Waals surface area contributed by atoms with E-state index in [2.05, 4.69) is 14.8 Å². The van der Waals surface area contributed by atoms with E-state index >= 15 is 0 Å². The summed E-state index contributed by atoms with van der Waals surface area (Å²) in [6, 6.07) is 17.3. The van der Waals surface area contributed by atoms with Crippen molar-refractivity contribution in [2.75, 3.05) is 5.75 Å². The number of benzene rings is 2. The molecule has 0 unspecified atom stereocenters. The molecule has 0 bridgehead atoms. The monoisotopic (exact) mass is 498 g/mol. The van der Waals surface area contributed by atoms with Crippen LogP contribution in [0.3, 0.4) is 0 Å². The molecule has 4 rings (SSSR count). The number of thioether (sulfide) groups is 1. The minimum absolute atomic E-state index is 0.0669. The first-order chi connectivity index (χ1) is 15.9. The summed E-state index contributed by atoms with van der Waals surface area (Å²) in [6.07, 6.45) is 0. The number of aryl methyl sites for hydroxylation is 1. The van der Waals surface area contributed by atoms with Gasteiger partial charge >= 0.3 is 0 Å². The minimum Gasteiger partial charge on any atom is -0.344 e. The number of aromatic nitrogens is 4. The molecular formula is C25H24Cl2N4OS. The van der Waals surface area contributed by atoms with Gasteiger partial charge in [-0.25, -0.2) is 0 Å². The third-order valence-corrected chi connectivity index (χ3v) is 7.22. The Hall–Kier alpha value is -2.54. The Kier molecular flexibility index (Phi) is 7.27. The molecule has 33 heavy (non-hydrogen) atoms. The van der Waals surface area contributed by atoms with E-state index in [-0.39, 0.29) is 11.5 Å². The fraction of sp³-hybridized carbons (Fsp3) is 0.240. The molecule has 0 atom stereocenters. The summed E-state index contributed by atoms with van der Waals surface area (Å²) >= 11 is 13.8. The van der Waals surface area contributed by atoms with Gasteiger partial charge in [-0.3, -0.25) is 4.79 Å². The zero-order valence-corrected chi connectivity index (χ0v) is 21.0. The number of halogens is 2. The number of nitrogens with zero attached hydrogens (tertiary/aromatic N) is 4. The molecule has 0 N–H and O–H groups in total. The van der Waals surface area contributed by atoms with Crippen LogP contribution in [-0.4, -0.2) is 30.9 Å². The third kappa shape index (κ3) is 5.03. The van der Waals surface area contributed by atoms with Crippen molar-refractivity contribution in [3.8, 4) is 11.4 Å². The molecule has 0 fully saturated rings. The van der Waals surface area contributed by atoms with E-state index in [1.165, 1.54) is 11.8 Å². The average molecular weight is 499 g/mol. The van der Waals surface area contributed by atoms with Crippen molar-refractivity contribution in [2.45, 2.75) is 39.0 Å². The Labute approximate surface area is 207 Å². The maximum Gasteiger partial charge on any atom is 0.191 e. The second-order valence-electron chi connectivity index (χ2n) is 7.73. The molecule has 2 aromatic heterocycles. The number of hydrogen-bond acceptors (Lipinski definition) is 4. The van der Waals surface area contributed by atoms with E-state index in [1.54, 1.807) is 0 Å². The Balaban J connectivity index is 1.51. The maximum absolute atomic E-state index is 13.1. The van der Waals surface area contributed by atoms with Crippen LogP contribution in [0.4, 0.5) is 0 Å².